The Balaban J connectivity index is 1.93. The number of pyridine rings is 1. The van der Waals surface area contributed by atoms with E-state index in [0.717, 1.165) is 22.2 Å². The van der Waals surface area contributed by atoms with Crippen molar-refractivity contribution < 1.29 is 4.92 Å². The highest BCUT2D eigenvalue weighted by Crippen LogP contribution is 2.28. The summed E-state index contributed by atoms with van der Waals surface area (Å²) in [4.78, 5) is 17.2. The summed E-state index contributed by atoms with van der Waals surface area (Å²) in [6.45, 7) is 0. The van der Waals surface area contributed by atoms with Crippen molar-refractivity contribution in [2.45, 2.75) is 0 Å². The third-order valence-corrected chi connectivity index (χ3v) is 3.74. The van der Waals surface area contributed by atoms with E-state index in [-0.39, 0.29) is 10.6 Å². The van der Waals surface area contributed by atoms with Crippen molar-refractivity contribution in [3.63, 3.8) is 0 Å². The van der Waals surface area contributed by atoms with Crippen molar-refractivity contribution in [2.75, 3.05) is 19.0 Å². The maximum atomic E-state index is 11.2. The number of para-hydroxylation sites is 1. The van der Waals surface area contributed by atoms with Gasteiger partial charge in [-0.15, -0.1) is 0 Å². The predicted octanol–water partition coefficient (Wildman–Crippen LogP) is 4.38. The summed E-state index contributed by atoms with van der Waals surface area (Å²) in [5.74, 6) is 0. The van der Waals surface area contributed by atoms with Crippen molar-refractivity contribution in [1.82, 2.24) is 4.98 Å². The summed E-state index contributed by atoms with van der Waals surface area (Å²) in [6.07, 6.45) is 3.70. The summed E-state index contributed by atoms with van der Waals surface area (Å²) in [7, 11) is 3.58. The van der Waals surface area contributed by atoms with Crippen LogP contribution in [0.2, 0.25) is 0 Å². The molecule has 120 valence electrons. The molecular formula is C19H17N3O2. The first-order valence-corrected chi connectivity index (χ1v) is 7.54. The number of nitro benzene ring substituents is 1. The number of aromatic nitrogens is 1. The molecule has 5 heteroatoms. The van der Waals surface area contributed by atoms with Crippen molar-refractivity contribution in [3.05, 3.63) is 76.0 Å². The summed E-state index contributed by atoms with van der Waals surface area (Å²) in [6, 6.07) is 17.0. The number of nitro groups is 1. The highest BCUT2D eigenvalue weighted by Gasteiger charge is 2.15. The smallest absolute Gasteiger partial charge is 0.293 e. The van der Waals surface area contributed by atoms with Gasteiger partial charge in [-0.25, -0.2) is 4.98 Å². The third kappa shape index (κ3) is 3.25. The van der Waals surface area contributed by atoms with Crippen LogP contribution in [0.1, 0.15) is 11.3 Å². The minimum atomic E-state index is -0.360. The van der Waals surface area contributed by atoms with Gasteiger partial charge < -0.3 is 4.90 Å². The van der Waals surface area contributed by atoms with Crippen LogP contribution in [0, 0.1) is 10.1 Å². The minimum Gasteiger partial charge on any atom is -0.372 e. The van der Waals surface area contributed by atoms with E-state index >= 15 is 0 Å². The summed E-state index contributed by atoms with van der Waals surface area (Å²) in [5.41, 5.74) is 3.18. The number of hydrogen-bond acceptors (Lipinski definition) is 4. The predicted molar refractivity (Wildman–Crippen MR) is 98.1 cm³/mol. The van der Waals surface area contributed by atoms with E-state index in [2.05, 4.69) is 4.98 Å². The largest absolute Gasteiger partial charge is 0.372 e. The lowest BCUT2D eigenvalue weighted by atomic mass is 10.1. The van der Waals surface area contributed by atoms with E-state index in [9.17, 15) is 10.1 Å². The molecule has 2 aromatic carbocycles. The van der Waals surface area contributed by atoms with E-state index in [1.54, 1.807) is 31.1 Å². The average molecular weight is 319 g/mol. The molecule has 0 spiro atoms. The number of nitrogens with zero attached hydrogens (tertiary/aromatic N) is 3. The van der Waals surface area contributed by atoms with Crippen LogP contribution in [0.4, 0.5) is 11.4 Å². The molecule has 1 aromatic heterocycles. The molecule has 0 aliphatic carbocycles. The molecule has 0 atom stereocenters. The van der Waals surface area contributed by atoms with Gasteiger partial charge >= 0.3 is 0 Å². The van der Waals surface area contributed by atoms with Crippen molar-refractivity contribution >= 4 is 34.4 Å². The van der Waals surface area contributed by atoms with E-state index in [4.69, 9.17) is 0 Å². The lowest BCUT2D eigenvalue weighted by Crippen LogP contribution is -2.10. The Bertz CT molecular complexity index is 933. The third-order valence-electron chi connectivity index (χ3n) is 3.74. The second kappa shape index (κ2) is 6.50. The molecule has 0 saturated carbocycles. The molecule has 0 aliphatic rings. The van der Waals surface area contributed by atoms with E-state index in [1.807, 2.05) is 54.6 Å². The molecular weight excluding hydrogens is 302 g/mol. The molecule has 0 fully saturated rings. The first-order chi connectivity index (χ1) is 11.5. The maximum Gasteiger partial charge on any atom is 0.293 e. The van der Waals surface area contributed by atoms with Gasteiger partial charge in [-0.2, -0.15) is 0 Å². The first kappa shape index (κ1) is 15.7. The molecule has 3 rings (SSSR count). The zero-order chi connectivity index (χ0) is 17.1. The van der Waals surface area contributed by atoms with Gasteiger partial charge in [0, 0.05) is 25.5 Å². The second-order valence-corrected chi connectivity index (χ2v) is 5.66. The van der Waals surface area contributed by atoms with Crippen LogP contribution in [-0.4, -0.2) is 24.0 Å². The molecule has 3 aromatic rings. The first-order valence-electron chi connectivity index (χ1n) is 7.54. The van der Waals surface area contributed by atoms with Crippen LogP contribution in [0.25, 0.3) is 23.1 Å². The average Bonchev–Trinajstić information content (AvgIpc) is 2.59. The Morgan fingerprint density at radius 2 is 1.83 bits per heavy atom. The molecule has 0 aliphatic heterocycles. The fraction of sp³-hybridized carbons (Fsp3) is 0.105. The fourth-order valence-electron chi connectivity index (χ4n) is 2.52. The van der Waals surface area contributed by atoms with E-state index in [1.165, 1.54) is 0 Å². The Hall–Kier alpha value is -3.21. The van der Waals surface area contributed by atoms with Crippen LogP contribution >= 0.6 is 0 Å². The van der Waals surface area contributed by atoms with Gasteiger partial charge in [0.1, 0.15) is 5.69 Å². The minimum absolute atomic E-state index is 0.0913. The van der Waals surface area contributed by atoms with Crippen LogP contribution in [-0.2, 0) is 0 Å². The zero-order valence-corrected chi connectivity index (χ0v) is 13.5. The standard InChI is InChI=1S/C19H17N3O2/c1-21(2)18-12-8-14(13-19(18)22(23)24)7-10-16-11-9-15-5-3-4-6-17(15)20-16/h3-13H,1-2H3/b10-7+. The van der Waals surface area contributed by atoms with Gasteiger partial charge in [0.25, 0.3) is 5.69 Å². The van der Waals surface area contributed by atoms with Crippen LogP contribution in [0.3, 0.4) is 0 Å². The van der Waals surface area contributed by atoms with Crippen LogP contribution in [0.5, 0.6) is 0 Å². The number of hydrogen-bond donors (Lipinski definition) is 0. The number of anilines is 1. The SMILES string of the molecule is CN(C)c1ccc(/C=C/c2ccc3ccccc3n2)cc1[N+](=O)[O-]. The zero-order valence-electron chi connectivity index (χ0n) is 13.5. The van der Waals surface area contributed by atoms with Crippen LogP contribution in [0.15, 0.2) is 54.6 Å². The Morgan fingerprint density at radius 1 is 1.04 bits per heavy atom. The Labute approximate surface area is 140 Å². The summed E-state index contributed by atoms with van der Waals surface area (Å²) in [5, 5.41) is 12.3. The Morgan fingerprint density at radius 3 is 2.58 bits per heavy atom. The molecule has 0 radical (unpaired) electrons. The molecule has 5 nitrogen and oxygen atoms in total. The van der Waals surface area contributed by atoms with E-state index < -0.39 is 0 Å². The summed E-state index contributed by atoms with van der Waals surface area (Å²) < 4.78 is 0. The number of fused-ring (bicyclic) bond motifs is 1. The molecule has 0 bridgehead atoms. The highest BCUT2D eigenvalue weighted by molar-refractivity contribution is 5.81. The quantitative estimate of drug-likeness (QED) is 0.529. The molecule has 0 saturated heterocycles. The molecule has 0 unspecified atom stereocenters. The number of rotatable bonds is 4. The molecule has 0 amide bonds. The van der Waals surface area contributed by atoms with Crippen molar-refractivity contribution in [2.24, 2.45) is 0 Å². The highest BCUT2D eigenvalue weighted by atomic mass is 16.6. The number of benzene rings is 2. The topological polar surface area (TPSA) is 59.3 Å². The fourth-order valence-corrected chi connectivity index (χ4v) is 2.52. The van der Waals surface area contributed by atoms with Gasteiger partial charge in [0.05, 0.1) is 16.1 Å². The normalized spacial score (nSPS) is 11.1. The summed E-state index contributed by atoms with van der Waals surface area (Å²) >= 11 is 0. The van der Waals surface area contributed by atoms with Crippen LogP contribution < -0.4 is 4.90 Å². The lowest BCUT2D eigenvalue weighted by molar-refractivity contribution is -0.384. The maximum absolute atomic E-state index is 11.2. The second-order valence-electron chi connectivity index (χ2n) is 5.66. The van der Waals surface area contributed by atoms with Gasteiger partial charge in [0.15, 0.2) is 0 Å². The monoisotopic (exact) mass is 319 g/mol. The van der Waals surface area contributed by atoms with Gasteiger partial charge in [-0.3, -0.25) is 10.1 Å². The molecule has 24 heavy (non-hydrogen) atoms. The molecule has 1 heterocycles. The van der Waals surface area contributed by atoms with E-state index in [0.29, 0.717) is 5.69 Å². The Kier molecular flexibility index (Phi) is 4.24. The van der Waals surface area contributed by atoms with Gasteiger partial charge in [-0.1, -0.05) is 36.4 Å². The van der Waals surface area contributed by atoms with Crippen molar-refractivity contribution in [1.29, 1.82) is 0 Å². The van der Waals surface area contributed by atoms with Gasteiger partial charge in [0.2, 0.25) is 0 Å². The lowest BCUT2D eigenvalue weighted by Gasteiger charge is -2.12. The molecule has 0 N–H and O–H groups in total. The van der Waals surface area contributed by atoms with Crippen molar-refractivity contribution in [3.8, 4) is 0 Å². The van der Waals surface area contributed by atoms with Gasteiger partial charge in [-0.05, 0) is 29.8 Å².